The van der Waals surface area contributed by atoms with E-state index in [0.29, 0.717) is 36.2 Å². The van der Waals surface area contributed by atoms with Gasteiger partial charge in [-0.3, -0.25) is 14.4 Å². The number of carboxylic acids is 1. The topological polar surface area (TPSA) is 175 Å². The molecule has 54 heavy (non-hydrogen) atoms. The maximum absolute atomic E-state index is 11.8. The van der Waals surface area contributed by atoms with Crippen molar-refractivity contribution in [1.82, 2.24) is 19.9 Å². The fraction of sp³-hybridized carbons (Fsp3) is 0.0250. The molecule has 0 aliphatic rings. The van der Waals surface area contributed by atoms with Crippen LogP contribution in [0.2, 0.25) is 0 Å². The first kappa shape index (κ1) is 41.6. The van der Waals surface area contributed by atoms with Crippen molar-refractivity contribution in [1.29, 1.82) is 0 Å². The number of hydrogen-bond acceptors (Lipinski definition) is 9. The summed E-state index contributed by atoms with van der Waals surface area (Å²) in [4.78, 5) is 50.6. The molecule has 3 aromatic heterocycles. The largest absolute Gasteiger partial charge is 0.481 e. The molecule has 7 rings (SSSR count). The van der Waals surface area contributed by atoms with Crippen LogP contribution < -0.4 is 11.5 Å². The number of carbonyl (C=O) groups excluding carboxylic acids is 2. The van der Waals surface area contributed by atoms with Gasteiger partial charge in [0.2, 0.25) is 11.6 Å². The van der Waals surface area contributed by atoms with Crippen LogP contribution in [-0.2, 0) is 4.79 Å². The van der Waals surface area contributed by atoms with Crippen molar-refractivity contribution in [2.24, 2.45) is 0 Å². The summed E-state index contributed by atoms with van der Waals surface area (Å²) in [7, 11) is 0. The van der Waals surface area contributed by atoms with Crippen LogP contribution in [0.15, 0.2) is 152 Å². The third-order valence-electron chi connectivity index (χ3n) is 7.04. The Morgan fingerprint density at radius 1 is 0.519 bits per heavy atom. The minimum absolute atomic E-state index is 0.427. The Hall–Kier alpha value is -5.15. The summed E-state index contributed by atoms with van der Waals surface area (Å²) >= 11 is 13.4. The van der Waals surface area contributed by atoms with Gasteiger partial charge in [-0.25, -0.2) is 19.9 Å². The van der Waals surface area contributed by atoms with E-state index >= 15 is 0 Å². The van der Waals surface area contributed by atoms with Crippen molar-refractivity contribution >= 4 is 104 Å². The SMILES string of the molecule is Brc1cnc(Br)c2nc(-c3ccccc3)c(-c3ccccc3)nc12.CC(=O)O.Nc1c(Br)cnc(Br)c1N.O=C(C(=O)c1ccccc1)c1ccccc1. The maximum Gasteiger partial charge on any atom is 0.300 e. The highest BCUT2D eigenvalue weighted by atomic mass is 79.9. The first-order chi connectivity index (χ1) is 25.9. The van der Waals surface area contributed by atoms with Crippen molar-refractivity contribution in [3.8, 4) is 22.5 Å². The van der Waals surface area contributed by atoms with Crippen LogP contribution in [0.1, 0.15) is 27.6 Å². The molecule has 14 heteroatoms. The van der Waals surface area contributed by atoms with Gasteiger partial charge in [0.05, 0.1) is 31.7 Å². The summed E-state index contributed by atoms with van der Waals surface area (Å²) in [6, 6.07) is 37.3. The normalized spacial score (nSPS) is 10.0. The average molecular weight is 978 g/mol. The summed E-state index contributed by atoms with van der Waals surface area (Å²) in [6.07, 6.45) is 3.33. The summed E-state index contributed by atoms with van der Waals surface area (Å²) in [5.74, 6) is -1.77. The van der Waals surface area contributed by atoms with E-state index in [1.807, 2.05) is 72.8 Å². The number of benzene rings is 4. The van der Waals surface area contributed by atoms with Gasteiger partial charge in [0.1, 0.15) is 20.2 Å². The van der Waals surface area contributed by atoms with E-state index in [2.05, 4.69) is 73.7 Å². The molecule has 272 valence electrons. The molecule has 0 saturated heterocycles. The first-order valence-electron chi connectivity index (χ1n) is 15.7. The molecule has 0 bridgehead atoms. The molecule has 0 fully saturated rings. The number of anilines is 2. The Morgan fingerprint density at radius 2 is 0.870 bits per heavy atom. The number of halogens is 4. The van der Waals surface area contributed by atoms with Crippen LogP contribution in [0, 0.1) is 0 Å². The molecule has 4 aromatic carbocycles. The predicted molar refractivity (Wildman–Crippen MR) is 227 cm³/mol. The molecule has 5 N–H and O–H groups in total. The summed E-state index contributed by atoms with van der Waals surface area (Å²) in [6.45, 7) is 1.08. The van der Waals surface area contributed by atoms with Gasteiger partial charge >= 0.3 is 0 Å². The number of carbonyl (C=O) groups is 3. The lowest BCUT2D eigenvalue weighted by Crippen LogP contribution is -2.14. The molecule has 0 aliphatic carbocycles. The van der Waals surface area contributed by atoms with Gasteiger partial charge in [0.25, 0.3) is 5.97 Å². The molecule has 7 aromatic rings. The number of aromatic nitrogens is 4. The predicted octanol–water partition coefficient (Wildman–Crippen LogP) is 10.5. The van der Waals surface area contributed by atoms with Crippen LogP contribution in [0.4, 0.5) is 11.4 Å². The summed E-state index contributed by atoms with van der Waals surface area (Å²) in [5.41, 5.74) is 18.2. The van der Waals surface area contributed by atoms with E-state index < -0.39 is 17.5 Å². The van der Waals surface area contributed by atoms with Crippen LogP contribution in [0.3, 0.4) is 0 Å². The Kier molecular flexibility index (Phi) is 15.7. The molecule has 10 nitrogen and oxygen atoms in total. The Balaban J connectivity index is 0.000000186. The summed E-state index contributed by atoms with van der Waals surface area (Å²) < 4.78 is 2.80. The number of ketones is 2. The monoisotopic (exact) mass is 974 g/mol. The lowest BCUT2D eigenvalue weighted by molar-refractivity contribution is -0.134. The van der Waals surface area contributed by atoms with Crippen LogP contribution in [0.5, 0.6) is 0 Å². The zero-order chi connectivity index (χ0) is 39.2. The van der Waals surface area contributed by atoms with Crippen molar-refractivity contribution in [2.45, 2.75) is 6.92 Å². The van der Waals surface area contributed by atoms with Gasteiger partial charge < -0.3 is 16.6 Å². The second-order valence-corrected chi connectivity index (χ2v) is 14.1. The Morgan fingerprint density at radius 3 is 1.28 bits per heavy atom. The van der Waals surface area contributed by atoms with Crippen LogP contribution >= 0.6 is 63.7 Å². The third kappa shape index (κ3) is 11.4. The Bertz CT molecular complexity index is 2210. The maximum atomic E-state index is 11.8. The number of nitrogens with zero attached hydrogens (tertiary/aromatic N) is 4. The van der Waals surface area contributed by atoms with E-state index in [-0.39, 0.29) is 0 Å². The van der Waals surface area contributed by atoms with Gasteiger partial charge in [0.15, 0.2) is 0 Å². The van der Waals surface area contributed by atoms with Gasteiger partial charge in [-0.05, 0) is 63.7 Å². The number of Topliss-reactive ketones (excluding diaryl/α,β-unsaturated/α-hetero) is 2. The van der Waals surface area contributed by atoms with Crippen LogP contribution in [0.25, 0.3) is 33.5 Å². The van der Waals surface area contributed by atoms with E-state index in [1.165, 1.54) is 0 Å². The molecule has 0 unspecified atom stereocenters. The fourth-order valence-electron chi connectivity index (χ4n) is 4.51. The molecule has 3 heterocycles. The number of fused-ring (bicyclic) bond motifs is 1. The highest BCUT2D eigenvalue weighted by Crippen LogP contribution is 2.34. The molecule has 0 amide bonds. The highest BCUT2D eigenvalue weighted by Gasteiger charge is 2.18. The number of hydrogen-bond donors (Lipinski definition) is 3. The molecular formula is C40H30Br4N6O4. The number of aliphatic carboxylic acids is 1. The van der Waals surface area contributed by atoms with Crippen LogP contribution in [-0.4, -0.2) is 42.6 Å². The smallest absolute Gasteiger partial charge is 0.300 e. The van der Waals surface area contributed by atoms with Gasteiger partial charge in [-0.1, -0.05) is 121 Å². The Labute approximate surface area is 344 Å². The summed E-state index contributed by atoms with van der Waals surface area (Å²) in [5, 5.41) is 7.42. The minimum Gasteiger partial charge on any atom is -0.481 e. The van der Waals surface area contributed by atoms with Gasteiger partial charge in [0, 0.05) is 41.6 Å². The lowest BCUT2D eigenvalue weighted by Gasteiger charge is -2.11. The molecule has 0 spiro atoms. The molecule has 0 atom stereocenters. The second-order valence-electron chi connectivity index (χ2n) is 10.9. The third-order valence-corrected chi connectivity index (χ3v) is 9.47. The quantitative estimate of drug-likeness (QED) is 0.0855. The van der Waals surface area contributed by atoms with E-state index in [0.717, 1.165) is 44.9 Å². The molecular weight excluding hydrogens is 948 g/mol. The van der Waals surface area contributed by atoms with Crippen molar-refractivity contribution in [2.75, 3.05) is 11.5 Å². The number of nitrogen functional groups attached to an aromatic ring is 2. The van der Waals surface area contributed by atoms with E-state index in [9.17, 15) is 9.59 Å². The number of pyridine rings is 2. The van der Waals surface area contributed by atoms with E-state index in [4.69, 9.17) is 31.3 Å². The fourth-order valence-corrected chi connectivity index (χ4v) is 5.90. The van der Waals surface area contributed by atoms with Gasteiger partial charge in [-0.15, -0.1) is 0 Å². The number of carboxylic acid groups (broad SMARTS) is 1. The first-order valence-corrected chi connectivity index (χ1v) is 18.9. The van der Waals surface area contributed by atoms with Crippen molar-refractivity contribution < 1.29 is 19.5 Å². The average Bonchev–Trinajstić information content (AvgIpc) is 3.20. The number of rotatable bonds is 5. The molecule has 0 saturated carbocycles. The van der Waals surface area contributed by atoms with E-state index in [1.54, 1.807) is 60.9 Å². The number of nitrogens with two attached hydrogens (primary N) is 2. The highest BCUT2D eigenvalue weighted by molar-refractivity contribution is 9.11. The lowest BCUT2D eigenvalue weighted by atomic mass is 10.0. The molecule has 0 aliphatic heterocycles. The molecule has 0 radical (unpaired) electrons. The standard InChI is InChI=1S/C19H11Br2N3.C14H10O2.C5H5Br2N3.C2H4O2/c20-14-11-22-19(21)18-17(14)23-15(12-7-3-1-4-8-12)16(24-18)13-9-5-2-6-10-13;15-13(11-7-3-1-4-8-11)14(16)12-9-5-2-6-10-12;6-2-1-10-5(7)4(9)3(2)8;1-2(3)4/h1-11H;1-10H;1H,9H2,(H2,8,10);1H3,(H,3,4). The second kappa shape index (κ2) is 20.3. The zero-order valence-electron chi connectivity index (χ0n) is 28.3. The zero-order valence-corrected chi connectivity index (χ0v) is 34.7. The van der Waals surface area contributed by atoms with Gasteiger partial charge in [-0.2, -0.15) is 0 Å². The van der Waals surface area contributed by atoms with Crippen molar-refractivity contribution in [3.63, 3.8) is 0 Å². The van der Waals surface area contributed by atoms with Crippen molar-refractivity contribution in [3.05, 3.63) is 163 Å². The minimum atomic E-state index is -0.833.